The molecule has 1 unspecified atom stereocenters. The first kappa shape index (κ1) is 21.9. The molecule has 0 aliphatic carbocycles. The van der Waals surface area contributed by atoms with E-state index in [1.54, 1.807) is 19.2 Å². The number of benzene rings is 1. The van der Waals surface area contributed by atoms with Crippen LogP contribution in [0.25, 0.3) is 0 Å². The van der Waals surface area contributed by atoms with Crippen LogP contribution in [0.2, 0.25) is 0 Å². The lowest BCUT2D eigenvalue weighted by atomic mass is 9.93. The highest BCUT2D eigenvalue weighted by atomic mass is 32.2. The van der Waals surface area contributed by atoms with Crippen LogP contribution in [0, 0.1) is 0 Å². The van der Waals surface area contributed by atoms with Crippen LogP contribution in [0.5, 0.6) is 0 Å². The van der Waals surface area contributed by atoms with Crippen molar-refractivity contribution in [1.29, 1.82) is 0 Å². The van der Waals surface area contributed by atoms with Crippen molar-refractivity contribution in [2.24, 2.45) is 0 Å². The van der Waals surface area contributed by atoms with Gasteiger partial charge in [-0.2, -0.15) is 13.2 Å². The van der Waals surface area contributed by atoms with Gasteiger partial charge < -0.3 is 10.6 Å². The fraction of sp³-hybridized carbons (Fsp3) is 0.350. The zero-order valence-electron chi connectivity index (χ0n) is 16.6. The van der Waals surface area contributed by atoms with Gasteiger partial charge in [0.1, 0.15) is 11.4 Å². The molecule has 1 aliphatic heterocycles. The first-order valence-corrected chi connectivity index (χ1v) is 10.0. The molecular formula is C20H21F3N4O2S. The number of thioether (sulfide) groups is 1. The number of alkyl halides is 3. The van der Waals surface area contributed by atoms with E-state index in [2.05, 4.69) is 15.6 Å². The molecule has 160 valence electrons. The molecule has 1 fully saturated rings. The lowest BCUT2D eigenvalue weighted by Gasteiger charge is -2.22. The summed E-state index contributed by atoms with van der Waals surface area (Å²) in [7, 11) is 0. The topological polar surface area (TPSA) is 74.3 Å². The maximum absolute atomic E-state index is 13.0. The second-order valence-electron chi connectivity index (χ2n) is 7.47. The fourth-order valence-corrected chi connectivity index (χ4v) is 3.74. The summed E-state index contributed by atoms with van der Waals surface area (Å²) in [6.07, 6.45) is 1.87. The first-order valence-electron chi connectivity index (χ1n) is 9.21. The van der Waals surface area contributed by atoms with Gasteiger partial charge in [-0.25, -0.2) is 14.7 Å². The van der Waals surface area contributed by atoms with Gasteiger partial charge in [0.15, 0.2) is 0 Å². The minimum Gasteiger partial charge on any atom is -0.368 e. The van der Waals surface area contributed by atoms with Crippen molar-refractivity contribution in [1.82, 2.24) is 10.3 Å². The molecular weight excluding hydrogens is 417 g/mol. The molecule has 0 spiro atoms. The summed E-state index contributed by atoms with van der Waals surface area (Å²) in [5.41, 5.74) is -4.57. The number of carbonyl (C=O) groups is 2. The summed E-state index contributed by atoms with van der Waals surface area (Å²) < 4.78 is 37.5. The van der Waals surface area contributed by atoms with E-state index in [9.17, 15) is 22.8 Å². The highest BCUT2D eigenvalue weighted by Gasteiger charge is 2.48. The predicted molar refractivity (Wildman–Crippen MR) is 109 cm³/mol. The van der Waals surface area contributed by atoms with Crippen LogP contribution in [-0.2, 0) is 11.2 Å². The normalized spacial score (nSPS) is 19.4. The monoisotopic (exact) mass is 438 g/mol. The second kappa shape index (κ2) is 8.17. The summed E-state index contributed by atoms with van der Waals surface area (Å²) in [6.45, 7) is 5.58. The molecule has 0 radical (unpaired) electrons. The third-order valence-corrected chi connectivity index (χ3v) is 5.15. The molecule has 1 aromatic carbocycles. The Hall–Kier alpha value is -2.75. The highest BCUT2D eigenvalue weighted by Crippen LogP contribution is 2.38. The van der Waals surface area contributed by atoms with Crippen LogP contribution >= 0.6 is 11.8 Å². The van der Waals surface area contributed by atoms with Crippen molar-refractivity contribution in [3.05, 3.63) is 48.2 Å². The smallest absolute Gasteiger partial charge is 0.368 e. The molecule has 1 atom stereocenters. The molecule has 1 aliphatic rings. The number of urea groups is 1. The number of imide groups is 1. The zero-order chi connectivity index (χ0) is 22.1. The standard InChI is InChI=1S/C20H21F3N4O2S/c1-12(2)25-16-10-13(8-9-24-16)11-19(3)17(28)27(18(29)26-19)14-4-6-15(7-5-14)30-20(21,22)23/h4-10,12H,11H2,1-3H3,(H,24,25)(H,26,29). The summed E-state index contributed by atoms with van der Waals surface area (Å²) in [4.78, 5) is 30.7. The Kier molecular flexibility index (Phi) is 5.98. The molecule has 1 saturated heterocycles. The predicted octanol–water partition coefficient (Wildman–Crippen LogP) is 4.57. The Morgan fingerprint density at radius 1 is 1.20 bits per heavy atom. The SMILES string of the molecule is CC(C)Nc1cc(CC2(C)NC(=O)N(c3ccc(SC(F)(F)F)cc3)C2=O)ccn1. The van der Waals surface area contributed by atoms with Crippen LogP contribution in [0.4, 0.5) is 29.5 Å². The van der Waals surface area contributed by atoms with Crippen molar-refractivity contribution in [2.75, 3.05) is 10.2 Å². The molecule has 1 aromatic heterocycles. The van der Waals surface area contributed by atoms with Crippen LogP contribution in [0.3, 0.4) is 0 Å². The lowest BCUT2D eigenvalue weighted by molar-refractivity contribution is -0.121. The Morgan fingerprint density at radius 3 is 2.47 bits per heavy atom. The van der Waals surface area contributed by atoms with Crippen molar-refractivity contribution in [2.45, 2.75) is 49.2 Å². The minimum atomic E-state index is -4.41. The molecule has 2 aromatic rings. The van der Waals surface area contributed by atoms with Gasteiger partial charge in [-0.1, -0.05) is 0 Å². The molecule has 6 nitrogen and oxygen atoms in total. The minimum absolute atomic E-state index is 0.0250. The van der Waals surface area contributed by atoms with Gasteiger partial charge in [0.2, 0.25) is 0 Å². The van der Waals surface area contributed by atoms with Gasteiger partial charge in [0.25, 0.3) is 5.91 Å². The maximum atomic E-state index is 13.0. The molecule has 3 amide bonds. The molecule has 0 saturated carbocycles. The van der Waals surface area contributed by atoms with E-state index in [0.717, 1.165) is 10.5 Å². The number of nitrogens with one attached hydrogen (secondary N) is 2. The van der Waals surface area contributed by atoms with Gasteiger partial charge in [-0.15, -0.1) is 0 Å². The average molecular weight is 438 g/mol. The number of hydrogen-bond donors (Lipinski definition) is 2. The number of hydrogen-bond acceptors (Lipinski definition) is 5. The summed E-state index contributed by atoms with van der Waals surface area (Å²) >= 11 is -0.255. The van der Waals surface area contributed by atoms with Crippen molar-refractivity contribution >= 4 is 35.2 Å². The molecule has 2 heterocycles. The number of amides is 3. The van der Waals surface area contributed by atoms with Crippen molar-refractivity contribution < 1.29 is 22.8 Å². The fourth-order valence-electron chi connectivity index (χ4n) is 3.20. The van der Waals surface area contributed by atoms with Crippen LogP contribution < -0.4 is 15.5 Å². The number of anilines is 2. The van der Waals surface area contributed by atoms with E-state index in [-0.39, 0.29) is 34.8 Å². The number of pyridine rings is 1. The quantitative estimate of drug-likeness (QED) is 0.511. The summed E-state index contributed by atoms with van der Waals surface area (Å²) in [6, 6.07) is 8.27. The summed E-state index contributed by atoms with van der Waals surface area (Å²) in [5, 5.41) is 5.88. The van der Waals surface area contributed by atoms with Gasteiger partial charge in [0.05, 0.1) is 5.69 Å². The van der Waals surface area contributed by atoms with Gasteiger partial charge >= 0.3 is 11.5 Å². The number of aromatic nitrogens is 1. The second-order valence-corrected chi connectivity index (χ2v) is 8.61. The Balaban J connectivity index is 1.78. The number of carbonyl (C=O) groups excluding carboxylic acids is 2. The van der Waals surface area contributed by atoms with E-state index < -0.39 is 23.0 Å². The van der Waals surface area contributed by atoms with E-state index in [4.69, 9.17) is 0 Å². The number of nitrogens with zero attached hydrogens (tertiary/aromatic N) is 2. The number of rotatable bonds is 6. The van der Waals surface area contributed by atoms with E-state index in [0.29, 0.717) is 5.82 Å². The Bertz CT molecular complexity index is 950. The van der Waals surface area contributed by atoms with Gasteiger partial charge in [-0.3, -0.25) is 4.79 Å². The maximum Gasteiger partial charge on any atom is 0.446 e. The first-order chi connectivity index (χ1) is 14.0. The third kappa shape index (κ3) is 5.05. The molecule has 30 heavy (non-hydrogen) atoms. The van der Waals surface area contributed by atoms with Crippen molar-refractivity contribution in [3.8, 4) is 0 Å². The number of halogens is 3. The van der Waals surface area contributed by atoms with E-state index in [1.807, 2.05) is 19.9 Å². The summed E-state index contributed by atoms with van der Waals surface area (Å²) in [5.74, 6) is 0.191. The Labute approximate surface area is 176 Å². The molecule has 10 heteroatoms. The van der Waals surface area contributed by atoms with E-state index in [1.165, 1.54) is 24.3 Å². The largest absolute Gasteiger partial charge is 0.446 e. The van der Waals surface area contributed by atoms with Crippen LogP contribution in [0.15, 0.2) is 47.5 Å². The van der Waals surface area contributed by atoms with E-state index >= 15 is 0 Å². The van der Waals surface area contributed by atoms with Gasteiger partial charge in [0, 0.05) is 23.6 Å². The van der Waals surface area contributed by atoms with Crippen LogP contribution in [0.1, 0.15) is 26.3 Å². The highest BCUT2D eigenvalue weighted by molar-refractivity contribution is 8.00. The lowest BCUT2D eigenvalue weighted by Crippen LogP contribution is -2.46. The van der Waals surface area contributed by atoms with Crippen LogP contribution in [-0.4, -0.2) is 34.0 Å². The van der Waals surface area contributed by atoms with Gasteiger partial charge in [-0.05, 0) is 74.5 Å². The average Bonchev–Trinajstić information content (AvgIpc) is 2.83. The molecule has 3 rings (SSSR count). The third-order valence-electron chi connectivity index (χ3n) is 4.41. The molecule has 2 N–H and O–H groups in total. The zero-order valence-corrected chi connectivity index (χ0v) is 17.4. The molecule has 0 bridgehead atoms. The van der Waals surface area contributed by atoms with Crippen molar-refractivity contribution in [3.63, 3.8) is 0 Å². The Morgan fingerprint density at radius 2 is 1.87 bits per heavy atom.